The largest absolute Gasteiger partial charge is 0.309 e. The first-order valence-electron chi connectivity index (χ1n) is 45.7. The van der Waals surface area contributed by atoms with Crippen molar-refractivity contribution in [3.05, 3.63) is 362 Å². The predicted octanol–water partition coefficient (Wildman–Crippen LogP) is 32.9. The van der Waals surface area contributed by atoms with Crippen molar-refractivity contribution in [1.29, 1.82) is 0 Å². The van der Waals surface area contributed by atoms with Gasteiger partial charge in [-0.25, -0.2) is 0 Å². The molecule has 0 aliphatic rings. The summed E-state index contributed by atoms with van der Waals surface area (Å²) in [5.74, 6) is 1.03. The molecule has 0 radical (unpaired) electrons. The monoisotopic (exact) mass is 1640 g/mol. The maximum Gasteiger partial charge on any atom is 0.0641 e. The van der Waals surface area contributed by atoms with E-state index in [0.29, 0.717) is 0 Å². The second-order valence-electron chi connectivity index (χ2n) is 37.5. The molecular weight excluding hydrogens is 1550 g/mol. The van der Waals surface area contributed by atoms with Crippen LogP contribution >= 0.6 is 0 Å². The lowest BCUT2D eigenvalue weighted by atomic mass is 9.87. The first-order valence-corrected chi connectivity index (χ1v) is 45.7. The van der Waals surface area contributed by atoms with Gasteiger partial charge in [0.05, 0.1) is 110 Å². The van der Waals surface area contributed by atoms with Gasteiger partial charge in [-0.05, 0) is 155 Å². The maximum absolute atomic E-state index is 2.68. The van der Waals surface area contributed by atoms with E-state index in [-0.39, 0.29) is 23.7 Å². The van der Waals surface area contributed by atoms with Gasteiger partial charge in [-0.1, -0.05) is 286 Å². The van der Waals surface area contributed by atoms with E-state index in [1.807, 2.05) is 0 Å². The number of para-hydroxylation sites is 12. The van der Waals surface area contributed by atoms with Gasteiger partial charge >= 0.3 is 0 Å². The van der Waals surface area contributed by atoms with Crippen molar-refractivity contribution in [2.24, 2.45) is 0 Å². The molecule has 8 heteroatoms. The van der Waals surface area contributed by atoms with Crippen LogP contribution < -0.4 is 0 Å². The third kappa shape index (κ3) is 8.57. The number of rotatable bonds is 8. The van der Waals surface area contributed by atoms with Gasteiger partial charge in [0.2, 0.25) is 0 Å². The summed E-state index contributed by atoms with van der Waals surface area (Å²) < 4.78 is 20.6. The zero-order valence-corrected chi connectivity index (χ0v) is 72.2. The molecule has 0 spiro atoms. The van der Waals surface area contributed by atoms with Crippen LogP contribution in [0.1, 0.15) is 101 Å². The van der Waals surface area contributed by atoms with Crippen molar-refractivity contribution in [1.82, 2.24) is 35.9 Å². The van der Waals surface area contributed by atoms with Crippen LogP contribution in [0.4, 0.5) is 0 Å². The highest BCUT2D eigenvalue weighted by atomic mass is 15.0. The molecular formula is C120H84N8. The summed E-state index contributed by atoms with van der Waals surface area (Å²) in [4.78, 5) is 0. The maximum atomic E-state index is 2.68. The number of hydrogen-bond acceptors (Lipinski definition) is 0. The molecule has 18 aromatic carbocycles. The Morgan fingerprint density at radius 2 is 0.344 bits per heavy atom. The third-order valence-electron chi connectivity index (χ3n) is 29.7. The van der Waals surface area contributed by atoms with Crippen LogP contribution in [0.2, 0.25) is 0 Å². The molecule has 128 heavy (non-hydrogen) atoms. The van der Waals surface area contributed by atoms with E-state index in [1.54, 1.807) is 0 Å². The summed E-state index contributed by atoms with van der Waals surface area (Å²) >= 11 is 0. The van der Waals surface area contributed by atoms with E-state index >= 15 is 0 Å². The van der Waals surface area contributed by atoms with E-state index in [4.69, 9.17) is 0 Å². The fraction of sp³-hybridized carbons (Fsp3) is 0.100. The van der Waals surface area contributed by atoms with Crippen LogP contribution in [0.5, 0.6) is 0 Å². The lowest BCUT2D eigenvalue weighted by molar-refractivity contribution is 0.869. The Labute approximate surface area is 734 Å². The van der Waals surface area contributed by atoms with Crippen LogP contribution in [0, 0.1) is 0 Å². The molecule has 12 heterocycles. The van der Waals surface area contributed by atoms with Crippen molar-refractivity contribution in [3.8, 4) is 22.7 Å². The molecule has 0 fully saturated rings. The quantitative estimate of drug-likeness (QED) is 0.145. The van der Waals surface area contributed by atoms with Gasteiger partial charge in [0.15, 0.2) is 0 Å². The summed E-state index contributed by atoms with van der Waals surface area (Å²) in [6.07, 6.45) is 0. The summed E-state index contributed by atoms with van der Waals surface area (Å²) in [7, 11) is 0. The molecule has 0 unspecified atom stereocenters. The van der Waals surface area contributed by atoms with Gasteiger partial charge in [0.1, 0.15) is 0 Å². The number of aromatic nitrogens is 8. The lowest BCUT2D eigenvalue weighted by Crippen LogP contribution is -2.01. The Morgan fingerprint density at radius 3 is 0.641 bits per heavy atom. The molecule has 30 aromatic rings. The summed E-state index contributed by atoms with van der Waals surface area (Å²) in [5, 5.41) is 31.9. The Bertz CT molecular complexity index is 9490. The summed E-state index contributed by atoms with van der Waals surface area (Å²) in [5.41, 5.74) is 36.3. The Kier molecular flexibility index (Phi) is 13.9. The van der Waals surface area contributed by atoms with Crippen molar-refractivity contribution < 1.29 is 0 Å². The summed E-state index contributed by atoms with van der Waals surface area (Å²) in [6.45, 7) is 19.3. The van der Waals surface area contributed by atoms with Crippen molar-refractivity contribution in [2.45, 2.75) is 79.1 Å². The van der Waals surface area contributed by atoms with Crippen LogP contribution in [-0.2, 0) is 0 Å². The predicted molar refractivity (Wildman–Crippen MR) is 545 cm³/mol. The van der Waals surface area contributed by atoms with Crippen LogP contribution in [0.25, 0.3) is 262 Å². The topological polar surface area (TPSA) is 37.4 Å². The molecule has 0 aliphatic heterocycles. The molecule has 0 aliphatic carbocycles. The average molecular weight is 1640 g/mol. The first-order chi connectivity index (χ1) is 63.0. The minimum atomic E-state index is 0.253. The molecule has 30 rings (SSSR count). The number of nitrogens with zero attached hydrogens (tertiary/aromatic N) is 8. The zero-order chi connectivity index (χ0) is 84.5. The third-order valence-corrected chi connectivity index (χ3v) is 29.7. The van der Waals surface area contributed by atoms with Gasteiger partial charge in [0.25, 0.3) is 0 Å². The Balaban J connectivity index is 0.000000127. The smallest absolute Gasteiger partial charge is 0.0641 e. The fourth-order valence-electron chi connectivity index (χ4n) is 25.4. The van der Waals surface area contributed by atoms with Crippen molar-refractivity contribution in [3.63, 3.8) is 0 Å². The van der Waals surface area contributed by atoms with Crippen LogP contribution in [0.15, 0.2) is 340 Å². The van der Waals surface area contributed by atoms with E-state index in [0.717, 1.165) is 0 Å². The van der Waals surface area contributed by atoms with E-state index in [2.05, 4.69) is 431 Å². The number of hydrogen-bond donors (Lipinski definition) is 0. The normalized spacial score (nSPS) is 13.0. The van der Waals surface area contributed by atoms with E-state index in [1.165, 1.54) is 285 Å². The molecule has 0 bridgehead atoms. The van der Waals surface area contributed by atoms with E-state index in [9.17, 15) is 0 Å². The molecule has 0 N–H and O–H groups in total. The van der Waals surface area contributed by atoms with Gasteiger partial charge < -0.3 is 35.9 Å². The molecule has 0 atom stereocenters. The Morgan fingerprint density at radius 1 is 0.133 bits per heavy atom. The lowest BCUT2D eigenvalue weighted by Gasteiger charge is -2.19. The van der Waals surface area contributed by atoms with Crippen molar-refractivity contribution >= 4 is 240 Å². The minimum Gasteiger partial charge on any atom is -0.309 e. The van der Waals surface area contributed by atoms with E-state index < -0.39 is 0 Å². The first kappa shape index (κ1) is 70.7. The molecule has 0 saturated heterocycles. The molecule has 12 aromatic heterocycles. The highest BCUT2D eigenvalue weighted by Crippen LogP contribution is 2.58. The Hall–Kier alpha value is -15.6. The number of benzene rings is 18. The number of fused-ring (bicyclic) bond motifs is 40. The molecule has 0 saturated carbocycles. The average Bonchev–Trinajstić information content (AvgIpc) is 1.49. The minimum absolute atomic E-state index is 0.253. The molecule has 8 nitrogen and oxygen atoms in total. The highest BCUT2D eigenvalue weighted by Gasteiger charge is 2.37. The molecule has 604 valence electrons. The second kappa shape index (κ2) is 25.1. The highest BCUT2D eigenvalue weighted by molar-refractivity contribution is 6.40. The van der Waals surface area contributed by atoms with Crippen LogP contribution in [-0.4, -0.2) is 35.9 Å². The fourth-order valence-corrected chi connectivity index (χ4v) is 25.4. The van der Waals surface area contributed by atoms with Crippen LogP contribution in [0.3, 0.4) is 0 Å². The SMILES string of the molecule is CC(C)c1c2c3cccc4c5c6c(ccc5n(c2c(C(C)C)c2c5cccc7c8c9c(ccc8n(c12)c57)c1ccccc1n9-c1ccccc1)c34)c1ccccc1n6-c1ccccc1.CC(C)c1c2c3cccc4c5c6c7ccccc7n(-c7ccccc7)c6ccc5n(c2c(C(C)C)c2c5cccc6c7c8c9ccccc9n(-c9ccccc9)c8ccc7n(c12)c56)c34. The standard InChI is InChI=1S/2C60H42N4/c1-33(2)49-53-43-25-15-23-41-52-48(32-30-40-38-22-12-14-28-46(38)62(58(40)52)36-19-9-6-10-20-36)64(55(41)43)60(53)50(34(3)4)54-44-26-16-24-42-51-47(63(56(42)44)59(49)54)31-29-39-37-21-11-13-27-45(37)61(57(39)51)35-17-7-5-8-18-35;1-33(2)49-55-41-25-15-23-39-54-48(32-30-46-52(54)38-22-12-14-28-44(38)62(46)36-19-9-6-10-20-36)64(57(39)41)60(55)50(34(3)4)56-42-26-16-24-40-53-47(63(58(40)42)59(49)56)31-29-45-51(53)37-21-11-13-27-43(37)61(45)35-17-7-5-8-18-35/h2*5-34H,1-4H3. The van der Waals surface area contributed by atoms with Gasteiger partial charge in [-0.3, -0.25) is 0 Å². The van der Waals surface area contributed by atoms with Gasteiger partial charge in [-0.2, -0.15) is 0 Å². The zero-order valence-electron chi connectivity index (χ0n) is 72.2. The second-order valence-corrected chi connectivity index (χ2v) is 37.5. The molecule has 0 amide bonds. The van der Waals surface area contributed by atoms with Gasteiger partial charge in [-0.15, -0.1) is 0 Å². The van der Waals surface area contributed by atoms with Gasteiger partial charge in [0, 0.05) is 152 Å². The van der Waals surface area contributed by atoms with Crippen molar-refractivity contribution in [2.75, 3.05) is 0 Å². The summed E-state index contributed by atoms with van der Waals surface area (Å²) in [6, 6.07) is 127.